The molecule has 8 nitrogen and oxygen atoms in total. The molecule has 0 bridgehead atoms. The van der Waals surface area contributed by atoms with Crippen molar-refractivity contribution in [1.82, 2.24) is 13.6 Å². The molecule has 0 aliphatic heterocycles. The first-order valence-corrected chi connectivity index (χ1v) is 12.2. The van der Waals surface area contributed by atoms with Gasteiger partial charge >= 0.3 is 0 Å². The average Bonchev–Trinajstić information content (AvgIpc) is 3.45. The summed E-state index contributed by atoms with van der Waals surface area (Å²) in [6.45, 7) is 12.9. The number of para-hydroxylation sites is 1. The number of phenolic OH excluding ortho intramolecular Hbond substituents is 1. The Labute approximate surface area is 208 Å². The van der Waals surface area contributed by atoms with Crippen LogP contribution >= 0.6 is 11.7 Å². The first-order chi connectivity index (χ1) is 16.2. The number of phenols is 1. The molecule has 3 aromatic rings. The summed E-state index contributed by atoms with van der Waals surface area (Å²) in [6, 6.07) is 6.88. The van der Waals surface area contributed by atoms with E-state index in [4.69, 9.17) is 4.42 Å². The van der Waals surface area contributed by atoms with E-state index in [1.54, 1.807) is 18.4 Å². The zero-order valence-electron chi connectivity index (χ0n) is 22.0. The number of rotatable bonds is 7. The van der Waals surface area contributed by atoms with Gasteiger partial charge in [0.15, 0.2) is 17.9 Å². The Balaban J connectivity index is 0.00000105. The van der Waals surface area contributed by atoms with E-state index in [1.807, 2.05) is 46.0 Å². The van der Waals surface area contributed by atoms with Gasteiger partial charge in [-0.2, -0.15) is 8.75 Å². The Morgan fingerprint density at radius 1 is 1.15 bits per heavy atom. The summed E-state index contributed by atoms with van der Waals surface area (Å²) in [5.74, 6) is 2.10. The number of carbonyl (C=O) groups excluding carboxylic acids is 1. The number of aromatic hydroxyl groups is 1. The second kappa shape index (κ2) is 17.6. The molecule has 0 aliphatic rings. The average molecular weight is 492 g/mol. The minimum atomic E-state index is -0.121. The van der Waals surface area contributed by atoms with E-state index >= 15 is 0 Å². The summed E-state index contributed by atoms with van der Waals surface area (Å²) in [5.41, 5.74) is 1.74. The molecule has 0 atom stereocenters. The van der Waals surface area contributed by atoms with Crippen LogP contribution in [0, 0.1) is 0 Å². The number of benzene rings is 1. The third-order valence-electron chi connectivity index (χ3n) is 3.71. The highest BCUT2D eigenvalue weighted by molar-refractivity contribution is 6.99. The van der Waals surface area contributed by atoms with Crippen LogP contribution in [-0.2, 0) is 6.54 Å². The molecule has 0 fully saturated rings. The SMILES string of the molecule is CC.CC(C)c1coc(CNc2nsnc2Nc2cccc(C=O)c2O)c1.CCC.CN(C)C. The summed E-state index contributed by atoms with van der Waals surface area (Å²) < 4.78 is 13.9. The van der Waals surface area contributed by atoms with Gasteiger partial charge in [-0.1, -0.05) is 54.0 Å². The zero-order valence-corrected chi connectivity index (χ0v) is 22.8. The van der Waals surface area contributed by atoms with E-state index in [0.717, 1.165) is 23.1 Å². The van der Waals surface area contributed by atoms with Crippen molar-refractivity contribution in [3.05, 3.63) is 47.4 Å². The van der Waals surface area contributed by atoms with Crippen molar-refractivity contribution >= 4 is 35.3 Å². The van der Waals surface area contributed by atoms with Crippen molar-refractivity contribution in [2.24, 2.45) is 0 Å². The molecule has 0 aliphatic carbocycles. The summed E-state index contributed by atoms with van der Waals surface area (Å²) in [7, 11) is 6.00. The van der Waals surface area contributed by atoms with Crippen LogP contribution in [0.2, 0.25) is 0 Å². The lowest BCUT2D eigenvalue weighted by atomic mass is 10.1. The van der Waals surface area contributed by atoms with Crippen LogP contribution in [0.25, 0.3) is 0 Å². The highest BCUT2D eigenvalue weighted by Crippen LogP contribution is 2.31. The van der Waals surface area contributed by atoms with Crippen molar-refractivity contribution in [3.8, 4) is 5.75 Å². The van der Waals surface area contributed by atoms with Crippen LogP contribution in [0.1, 0.15) is 75.6 Å². The molecule has 3 rings (SSSR count). The monoisotopic (exact) mass is 491 g/mol. The first-order valence-electron chi connectivity index (χ1n) is 11.5. The molecule has 0 amide bonds. The highest BCUT2D eigenvalue weighted by atomic mass is 32.1. The molecule has 34 heavy (non-hydrogen) atoms. The quantitative estimate of drug-likeness (QED) is 0.246. The molecule has 2 aromatic heterocycles. The molecule has 9 heteroatoms. The molecule has 0 saturated heterocycles. The summed E-state index contributed by atoms with van der Waals surface area (Å²) in [5, 5.41) is 16.2. The largest absolute Gasteiger partial charge is 0.505 e. The predicted octanol–water partition coefficient (Wildman–Crippen LogP) is 6.75. The lowest BCUT2D eigenvalue weighted by molar-refractivity contribution is 0.112. The van der Waals surface area contributed by atoms with Crippen LogP contribution < -0.4 is 10.6 Å². The number of nitrogens with zero attached hydrogens (tertiary/aromatic N) is 3. The van der Waals surface area contributed by atoms with E-state index in [9.17, 15) is 9.90 Å². The van der Waals surface area contributed by atoms with Crippen LogP contribution in [0.3, 0.4) is 0 Å². The topological polar surface area (TPSA) is 104 Å². The van der Waals surface area contributed by atoms with Gasteiger partial charge in [0.2, 0.25) is 0 Å². The normalized spacial score (nSPS) is 9.74. The van der Waals surface area contributed by atoms with Gasteiger partial charge in [-0.25, -0.2) is 0 Å². The molecular weight excluding hydrogens is 450 g/mol. The maximum absolute atomic E-state index is 10.9. The second-order valence-electron chi connectivity index (χ2n) is 7.85. The lowest BCUT2D eigenvalue weighted by Gasteiger charge is -2.09. The Bertz CT molecular complexity index is 936. The van der Waals surface area contributed by atoms with E-state index in [1.165, 1.54) is 12.5 Å². The molecule has 3 N–H and O–H groups in total. The van der Waals surface area contributed by atoms with Crippen LogP contribution in [0.15, 0.2) is 34.9 Å². The summed E-state index contributed by atoms with van der Waals surface area (Å²) >= 11 is 1.04. The standard InChI is InChI=1S/C17H18N4O3S.C3H9N.C3H8.C2H6/c1-10(2)12-6-13(24-9-12)7-18-16-17(21-25-20-16)19-14-5-3-4-11(8-22)15(14)23;1-4(2)3;1-3-2;1-2/h3-6,8-10,23H,7H2,1-2H3,(H,18,20)(H,19,21);1-3H3;3H2,1-2H3;1-2H3. The number of aldehydes is 1. The van der Waals surface area contributed by atoms with E-state index in [-0.39, 0.29) is 11.3 Å². The number of nitrogens with one attached hydrogen (secondary N) is 2. The van der Waals surface area contributed by atoms with Gasteiger partial charge in [-0.3, -0.25) is 4.79 Å². The van der Waals surface area contributed by atoms with Crippen molar-refractivity contribution in [2.45, 2.75) is 60.4 Å². The van der Waals surface area contributed by atoms with Gasteiger partial charge in [0, 0.05) is 0 Å². The van der Waals surface area contributed by atoms with Crippen molar-refractivity contribution in [1.29, 1.82) is 0 Å². The van der Waals surface area contributed by atoms with Crippen molar-refractivity contribution in [2.75, 3.05) is 31.8 Å². The Kier molecular flexibility index (Phi) is 16.0. The molecule has 0 radical (unpaired) electrons. The van der Waals surface area contributed by atoms with Crippen LogP contribution in [0.4, 0.5) is 17.3 Å². The Morgan fingerprint density at radius 2 is 1.74 bits per heavy atom. The van der Waals surface area contributed by atoms with E-state index in [2.05, 4.69) is 47.1 Å². The minimum Gasteiger partial charge on any atom is -0.505 e. The van der Waals surface area contributed by atoms with Gasteiger partial charge in [-0.15, -0.1) is 0 Å². The van der Waals surface area contributed by atoms with Crippen molar-refractivity contribution in [3.63, 3.8) is 0 Å². The molecule has 0 saturated carbocycles. The number of carbonyl (C=O) groups is 1. The molecule has 0 spiro atoms. The number of hydrogen-bond donors (Lipinski definition) is 3. The summed E-state index contributed by atoms with van der Waals surface area (Å²) in [6.07, 6.45) is 3.60. The third-order valence-corrected chi connectivity index (χ3v) is 4.24. The lowest BCUT2D eigenvalue weighted by Crippen LogP contribution is -2.02. The second-order valence-corrected chi connectivity index (χ2v) is 8.38. The van der Waals surface area contributed by atoms with Gasteiger partial charge in [0.05, 0.1) is 35.8 Å². The van der Waals surface area contributed by atoms with E-state index in [0.29, 0.717) is 36.1 Å². The molecule has 190 valence electrons. The molecular formula is C25H41N5O3S. The van der Waals surface area contributed by atoms with Crippen molar-refractivity contribution < 1.29 is 14.3 Å². The predicted molar refractivity (Wildman–Crippen MR) is 144 cm³/mol. The van der Waals surface area contributed by atoms with Gasteiger partial charge < -0.3 is 25.1 Å². The molecule has 1 aromatic carbocycles. The minimum absolute atomic E-state index is 0.121. The number of furan rings is 1. The van der Waals surface area contributed by atoms with E-state index < -0.39 is 0 Å². The maximum Gasteiger partial charge on any atom is 0.188 e. The van der Waals surface area contributed by atoms with Gasteiger partial charge in [0.25, 0.3) is 0 Å². The fraction of sp³-hybridized carbons (Fsp3) is 0.480. The molecule has 0 unspecified atom stereocenters. The van der Waals surface area contributed by atoms with Crippen LogP contribution in [-0.4, -0.2) is 46.2 Å². The fourth-order valence-electron chi connectivity index (χ4n) is 2.24. The fourth-order valence-corrected chi connectivity index (χ4v) is 2.72. The summed E-state index contributed by atoms with van der Waals surface area (Å²) in [4.78, 5) is 12.9. The molecule has 2 heterocycles. The zero-order chi connectivity index (χ0) is 26.1. The number of aromatic nitrogens is 2. The number of anilines is 3. The smallest absolute Gasteiger partial charge is 0.188 e. The maximum atomic E-state index is 10.9. The Morgan fingerprint density at radius 3 is 2.26 bits per heavy atom. The van der Waals surface area contributed by atoms with Gasteiger partial charge in [-0.05, 0) is 50.8 Å². The third kappa shape index (κ3) is 11.3. The first kappa shape index (κ1) is 31.1. The Hall–Kier alpha value is -2.91. The highest BCUT2D eigenvalue weighted by Gasteiger charge is 2.13. The number of hydrogen-bond acceptors (Lipinski definition) is 9. The van der Waals surface area contributed by atoms with Gasteiger partial charge in [0.1, 0.15) is 11.5 Å². The van der Waals surface area contributed by atoms with Crippen LogP contribution in [0.5, 0.6) is 5.75 Å².